The summed E-state index contributed by atoms with van der Waals surface area (Å²) in [5, 5.41) is 31.8. The Labute approximate surface area is 161 Å². The van der Waals surface area contributed by atoms with E-state index >= 15 is 0 Å². The van der Waals surface area contributed by atoms with Gasteiger partial charge in [0, 0.05) is 0 Å². The number of amides is 2. The number of carbonyl (C=O) groups is 3. The maximum absolute atomic E-state index is 12.6. The minimum absolute atomic E-state index is 0.0869. The van der Waals surface area contributed by atoms with Crippen molar-refractivity contribution in [2.45, 2.75) is 44.8 Å². The van der Waals surface area contributed by atoms with Crippen molar-refractivity contribution in [1.29, 1.82) is 0 Å². The molecular formula is C19H23NO8. The minimum Gasteiger partial charge on any atom is -0.462 e. The zero-order valence-corrected chi connectivity index (χ0v) is 15.8. The van der Waals surface area contributed by atoms with E-state index in [-0.39, 0.29) is 17.7 Å². The highest BCUT2D eigenvalue weighted by molar-refractivity contribution is 6.21. The molecule has 3 rings (SSSR count). The summed E-state index contributed by atoms with van der Waals surface area (Å²) in [6, 6.07) is 6.00. The second-order valence-corrected chi connectivity index (χ2v) is 8.00. The first kappa shape index (κ1) is 20.4. The largest absolute Gasteiger partial charge is 0.462 e. The number of aliphatic hydroxyl groups excluding tert-OH is 2. The highest BCUT2D eigenvalue weighted by Crippen LogP contribution is 2.35. The van der Waals surface area contributed by atoms with Gasteiger partial charge in [0.15, 0.2) is 0 Å². The third kappa shape index (κ3) is 3.20. The number of hydrogen-bond acceptors (Lipinski definition) is 8. The second-order valence-electron chi connectivity index (χ2n) is 8.00. The predicted octanol–water partition coefficient (Wildman–Crippen LogP) is -0.319. The fraction of sp³-hybridized carbons (Fsp3) is 0.526. The molecule has 9 heteroatoms. The van der Waals surface area contributed by atoms with Gasteiger partial charge in [-0.15, -0.1) is 0 Å². The zero-order chi connectivity index (χ0) is 20.9. The van der Waals surface area contributed by atoms with Crippen molar-refractivity contribution < 1.29 is 39.2 Å². The molecule has 1 aromatic rings. The van der Waals surface area contributed by atoms with Crippen LogP contribution >= 0.6 is 0 Å². The van der Waals surface area contributed by atoms with Gasteiger partial charge >= 0.3 is 5.97 Å². The van der Waals surface area contributed by atoms with E-state index in [1.165, 1.54) is 12.1 Å². The molecule has 2 aliphatic heterocycles. The molecule has 28 heavy (non-hydrogen) atoms. The molecule has 1 fully saturated rings. The van der Waals surface area contributed by atoms with Crippen molar-refractivity contribution in [2.75, 3.05) is 13.2 Å². The Morgan fingerprint density at radius 2 is 1.75 bits per heavy atom. The van der Waals surface area contributed by atoms with Crippen molar-refractivity contribution in [3.05, 3.63) is 35.4 Å². The highest BCUT2D eigenvalue weighted by Gasteiger charge is 2.58. The molecule has 0 bridgehead atoms. The van der Waals surface area contributed by atoms with Crippen molar-refractivity contribution in [2.24, 2.45) is 5.41 Å². The van der Waals surface area contributed by atoms with Crippen LogP contribution in [0.2, 0.25) is 0 Å². The Balaban J connectivity index is 1.76. The Morgan fingerprint density at radius 1 is 1.21 bits per heavy atom. The van der Waals surface area contributed by atoms with E-state index in [0.717, 1.165) is 0 Å². The third-order valence-corrected chi connectivity index (χ3v) is 4.86. The molecule has 4 atom stereocenters. The first-order chi connectivity index (χ1) is 13.0. The van der Waals surface area contributed by atoms with Crippen LogP contribution < -0.4 is 0 Å². The average Bonchev–Trinajstić information content (AvgIpc) is 2.90. The normalized spacial score (nSPS) is 30.4. The zero-order valence-electron chi connectivity index (χ0n) is 15.8. The molecule has 2 amide bonds. The molecule has 0 spiro atoms. The molecule has 152 valence electrons. The van der Waals surface area contributed by atoms with Crippen LogP contribution in [0.5, 0.6) is 0 Å². The molecule has 3 N–H and O–H groups in total. The van der Waals surface area contributed by atoms with Gasteiger partial charge in [-0.3, -0.25) is 14.4 Å². The highest BCUT2D eigenvalue weighted by atomic mass is 16.6. The van der Waals surface area contributed by atoms with Crippen molar-refractivity contribution in [3.63, 3.8) is 0 Å². The van der Waals surface area contributed by atoms with Gasteiger partial charge < -0.3 is 24.8 Å². The molecule has 0 radical (unpaired) electrons. The van der Waals surface area contributed by atoms with Crippen LogP contribution in [0.1, 0.15) is 41.5 Å². The fourth-order valence-corrected chi connectivity index (χ4v) is 3.15. The average molecular weight is 393 g/mol. The van der Waals surface area contributed by atoms with Gasteiger partial charge in [0.05, 0.1) is 23.1 Å². The van der Waals surface area contributed by atoms with Gasteiger partial charge in [-0.25, -0.2) is 4.90 Å². The number of nitrogens with zero attached hydrogens (tertiary/aromatic N) is 1. The van der Waals surface area contributed by atoms with Crippen LogP contribution in [0.4, 0.5) is 0 Å². The van der Waals surface area contributed by atoms with Crippen LogP contribution in [0.25, 0.3) is 0 Å². The Morgan fingerprint density at radius 3 is 2.25 bits per heavy atom. The van der Waals surface area contributed by atoms with Crippen molar-refractivity contribution in [3.8, 4) is 0 Å². The quantitative estimate of drug-likeness (QED) is 0.470. The summed E-state index contributed by atoms with van der Waals surface area (Å²) in [5.74, 6) is -2.12. The number of imide groups is 1. The number of benzene rings is 1. The Kier molecular flexibility index (Phi) is 5.05. The second kappa shape index (κ2) is 6.93. The molecule has 9 nitrogen and oxygen atoms in total. The van der Waals surface area contributed by atoms with Crippen LogP contribution in [-0.2, 0) is 14.3 Å². The topological polar surface area (TPSA) is 134 Å². The summed E-state index contributed by atoms with van der Waals surface area (Å²) >= 11 is 0. The van der Waals surface area contributed by atoms with Crippen LogP contribution in [-0.4, -0.2) is 75.3 Å². The first-order valence-corrected chi connectivity index (χ1v) is 8.83. The van der Waals surface area contributed by atoms with E-state index in [1.54, 1.807) is 32.9 Å². The molecule has 0 saturated carbocycles. The number of aliphatic hydroxyl groups is 3. The number of rotatable bonds is 3. The maximum atomic E-state index is 12.6. The number of fused-ring (bicyclic) bond motifs is 1. The van der Waals surface area contributed by atoms with E-state index in [1.807, 2.05) is 0 Å². The van der Waals surface area contributed by atoms with Crippen molar-refractivity contribution >= 4 is 17.8 Å². The smallest absolute Gasteiger partial charge is 0.311 e. The lowest BCUT2D eigenvalue weighted by molar-refractivity contribution is -0.271. The summed E-state index contributed by atoms with van der Waals surface area (Å²) in [6.45, 7) is 3.97. The molecule has 2 aliphatic rings. The van der Waals surface area contributed by atoms with Gasteiger partial charge in [0.25, 0.3) is 11.8 Å². The molecule has 0 unspecified atom stereocenters. The van der Waals surface area contributed by atoms with E-state index in [4.69, 9.17) is 9.47 Å². The monoisotopic (exact) mass is 393 g/mol. The van der Waals surface area contributed by atoms with Crippen LogP contribution in [0, 0.1) is 5.41 Å². The van der Waals surface area contributed by atoms with Gasteiger partial charge in [0.2, 0.25) is 5.72 Å². The van der Waals surface area contributed by atoms with E-state index in [2.05, 4.69) is 0 Å². The predicted molar refractivity (Wildman–Crippen MR) is 94.1 cm³/mol. The van der Waals surface area contributed by atoms with E-state index < -0.39 is 53.8 Å². The van der Waals surface area contributed by atoms with Gasteiger partial charge in [-0.2, -0.15) is 0 Å². The molecule has 1 saturated heterocycles. The number of hydrogen-bond donors (Lipinski definition) is 3. The lowest BCUT2D eigenvalue weighted by atomic mass is 9.93. The summed E-state index contributed by atoms with van der Waals surface area (Å²) in [4.78, 5) is 37.6. The van der Waals surface area contributed by atoms with Crippen molar-refractivity contribution in [1.82, 2.24) is 4.90 Å². The number of ether oxygens (including phenoxy) is 2. The maximum Gasteiger partial charge on any atom is 0.311 e. The standard InChI is InChI=1S/C19H23NO8/c1-18(2,3)17(25)27-8-12-13(21)14(22)19(26,9-28-12)20-15(23)10-6-4-5-7-11(10)16(20)24/h4-7,12-14,21-22,26H,8-9H2,1-3H3/t12-,13-,14+,19+/m1/s1. The summed E-state index contributed by atoms with van der Waals surface area (Å²) in [7, 11) is 0. The molecule has 0 aromatic heterocycles. The summed E-state index contributed by atoms with van der Waals surface area (Å²) in [5.41, 5.74) is -3.05. The lowest BCUT2D eigenvalue weighted by Gasteiger charge is -2.46. The summed E-state index contributed by atoms with van der Waals surface area (Å²) < 4.78 is 10.5. The van der Waals surface area contributed by atoms with Gasteiger partial charge in [-0.1, -0.05) is 12.1 Å². The Hall–Kier alpha value is -2.33. The fourth-order valence-electron chi connectivity index (χ4n) is 3.15. The van der Waals surface area contributed by atoms with Crippen LogP contribution in [0.15, 0.2) is 24.3 Å². The lowest BCUT2D eigenvalue weighted by Crippen LogP contribution is -2.70. The molecular weight excluding hydrogens is 370 g/mol. The Bertz CT molecular complexity index is 781. The molecule has 0 aliphatic carbocycles. The number of esters is 1. The SMILES string of the molecule is CC(C)(C)C(=O)OC[C@H]1OC[C@@](O)(N2C(=O)c3ccccc3C2=O)[C@@H](O)[C@@H]1O. The minimum atomic E-state index is -2.46. The van der Waals surface area contributed by atoms with Gasteiger partial charge in [0.1, 0.15) is 24.9 Å². The summed E-state index contributed by atoms with van der Waals surface area (Å²) in [6.07, 6.45) is -4.74. The third-order valence-electron chi connectivity index (χ3n) is 4.86. The molecule has 2 heterocycles. The van der Waals surface area contributed by atoms with E-state index in [9.17, 15) is 29.7 Å². The van der Waals surface area contributed by atoms with Crippen LogP contribution in [0.3, 0.4) is 0 Å². The molecule has 1 aromatic carbocycles. The van der Waals surface area contributed by atoms with E-state index in [0.29, 0.717) is 4.90 Å². The first-order valence-electron chi connectivity index (χ1n) is 8.83. The number of carbonyl (C=O) groups excluding carboxylic acids is 3. The van der Waals surface area contributed by atoms with Gasteiger partial charge in [-0.05, 0) is 32.9 Å².